The van der Waals surface area contributed by atoms with Crippen molar-refractivity contribution in [3.05, 3.63) is 29.6 Å². The molecule has 4 nitrogen and oxygen atoms in total. The van der Waals surface area contributed by atoms with Crippen molar-refractivity contribution in [1.82, 2.24) is 0 Å². The number of ether oxygens (including phenoxy) is 2. The van der Waals surface area contributed by atoms with Crippen molar-refractivity contribution in [3.63, 3.8) is 0 Å². The van der Waals surface area contributed by atoms with Gasteiger partial charge in [-0.25, -0.2) is 9.18 Å². The van der Waals surface area contributed by atoms with Crippen LogP contribution in [0.1, 0.15) is 32.4 Å². The summed E-state index contributed by atoms with van der Waals surface area (Å²) in [6.07, 6.45) is -1.40. The van der Waals surface area contributed by atoms with Gasteiger partial charge < -0.3 is 15.2 Å². The van der Waals surface area contributed by atoms with Gasteiger partial charge in [-0.2, -0.15) is 0 Å². The molecule has 1 unspecified atom stereocenters. The summed E-state index contributed by atoms with van der Waals surface area (Å²) >= 11 is 0. The second kappa shape index (κ2) is 6.23. The van der Waals surface area contributed by atoms with Gasteiger partial charge in [0.05, 0.1) is 6.61 Å². The number of carbonyl (C=O) groups is 1. The van der Waals surface area contributed by atoms with Gasteiger partial charge in [-0.15, -0.1) is 0 Å². The SMILES string of the molecule is CC(C)COc1cc(C(C)OC(N)=O)ccc1F. The Hall–Kier alpha value is -1.78. The highest BCUT2D eigenvalue weighted by Crippen LogP contribution is 2.25. The molecule has 0 spiro atoms. The predicted molar refractivity (Wildman–Crippen MR) is 65.8 cm³/mol. The van der Waals surface area contributed by atoms with E-state index in [0.29, 0.717) is 18.1 Å². The highest BCUT2D eigenvalue weighted by atomic mass is 19.1. The van der Waals surface area contributed by atoms with Crippen LogP contribution in [0.2, 0.25) is 0 Å². The minimum atomic E-state index is -0.864. The molecule has 1 aromatic carbocycles. The van der Waals surface area contributed by atoms with E-state index in [2.05, 4.69) is 0 Å². The van der Waals surface area contributed by atoms with Crippen molar-refractivity contribution in [2.75, 3.05) is 6.61 Å². The van der Waals surface area contributed by atoms with Crippen molar-refractivity contribution < 1.29 is 18.7 Å². The number of rotatable bonds is 5. The molecule has 1 rings (SSSR count). The molecule has 18 heavy (non-hydrogen) atoms. The number of carbonyl (C=O) groups excluding carboxylic acids is 1. The molecule has 0 aliphatic rings. The molecule has 0 bridgehead atoms. The molecule has 0 aliphatic carbocycles. The third kappa shape index (κ3) is 4.24. The fraction of sp³-hybridized carbons (Fsp3) is 0.462. The topological polar surface area (TPSA) is 61.6 Å². The van der Waals surface area contributed by atoms with Crippen LogP contribution in [0.15, 0.2) is 18.2 Å². The van der Waals surface area contributed by atoms with E-state index in [9.17, 15) is 9.18 Å². The van der Waals surface area contributed by atoms with E-state index >= 15 is 0 Å². The van der Waals surface area contributed by atoms with Crippen LogP contribution in [0.3, 0.4) is 0 Å². The molecule has 0 heterocycles. The van der Waals surface area contributed by atoms with Gasteiger partial charge in [0.1, 0.15) is 6.10 Å². The van der Waals surface area contributed by atoms with Gasteiger partial charge in [-0.05, 0) is 30.5 Å². The van der Waals surface area contributed by atoms with E-state index in [-0.39, 0.29) is 5.75 Å². The average molecular weight is 255 g/mol. The standard InChI is InChI=1S/C13H18FNO3/c1-8(2)7-17-12-6-10(4-5-11(12)14)9(3)18-13(15)16/h4-6,8-9H,7H2,1-3H3,(H2,15,16). The first-order chi connectivity index (χ1) is 8.40. The highest BCUT2D eigenvalue weighted by Gasteiger charge is 2.13. The maximum absolute atomic E-state index is 13.5. The van der Waals surface area contributed by atoms with Crippen LogP contribution in [0.4, 0.5) is 9.18 Å². The smallest absolute Gasteiger partial charge is 0.405 e. The quantitative estimate of drug-likeness (QED) is 0.879. The Kier molecular flexibility index (Phi) is 4.95. The average Bonchev–Trinajstić information content (AvgIpc) is 2.26. The highest BCUT2D eigenvalue weighted by molar-refractivity contribution is 5.65. The Balaban J connectivity index is 2.82. The number of primary amides is 1. The lowest BCUT2D eigenvalue weighted by atomic mass is 10.1. The van der Waals surface area contributed by atoms with Crippen LogP contribution < -0.4 is 10.5 Å². The van der Waals surface area contributed by atoms with Gasteiger partial charge in [0.2, 0.25) is 0 Å². The first-order valence-electron chi connectivity index (χ1n) is 5.78. The van der Waals surface area contributed by atoms with E-state index in [1.54, 1.807) is 6.92 Å². The molecular weight excluding hydrogens is 237 g/mol. The van der Waals surface area contributed by atoms with Crippen molar-refractivity contribution in [2.45, 2.75) is 26.9 Å². The molecular formula is C13H18FNO3. The van der Waals surface area contributed by atoms with Crippen molar-refractivity contribution in [3.8, 4) is 5.75 Å². The van der Waals surface area contributed by atoms with Gasteiger partial charge in [0.15, 0.2) is 11.6 Å². The van der Waals surface area contributed by atoms with Gasteiger partial charge in [-0.3, -0.25) is 0 Å². The Morgan fingerprint density at radius 2 is 2.06 bits per heavy atom. The van der Waals surface area contributed by atoms with Gasteiger partial charge in [0, 0.05) is 0 Å². The van der Waals surface area contributed by atoms with Crippen molar-refractivity contribution >= 4 is 6.09 Å². The summed E-state index contributed by atoms with van der Waals surface area (Å²) in [5, 5.41) is 0. The van der Waals surface area contributed by atoms with E-state index < -0.39 is 18.0 Å². The molecule has 1 atom stereocenters. The van der Waals surface area contributed by atoms with Gasteiger partial charge in [0.25, 0.3) is 0 Å². The summed E-state index contributed by atoms with van der Waals surface area (Å²) in [5.41, 5.74) is 5.56. The fourth-order valence-corrected chi connectivity index (χ4v) is 1.38. The number of hydrogen-bond donors (Lipinski definition) is 1. The van der Waals surface area contributed by atoms with E-state index in [4.69, 9.17) is 15.2 Å². The molecule has 1 amide bonds. The Morgan fingerprint density at radius 1 is 1.39 bits per heavy atom. The van der Waals surface area contributed by atoms with Crippen LogP contribution in [-0.4, -0.2) is 12.7 Å². The molecule has 100 valence electrons. The van der Waals surface area contributed by atoms with Crippen molar-refractivity contribution in [2.24, 2.45) is 11.7 Å². The summed E-state index contributed by atoms with van der Waals surface area (Å²) < 4.78 is 23.7. The zero-order chi connectivity index (χ0) is 13.7. The zero-order valence-electron chi connectivity index (χ0n) is 10.8. The molecule has 1 aromatic rings. The molecule has 0 aliphatic heterocycles. The number of amides is 1. The first-order valence-corrected chi connectivity index (χ1v) is 5.78. The third-order valence-electron chi connectivity index (χ3n) is 2.29. The number of hydrogen-bond acceptors (Lipinski definition) is 3. The third-order valence-corrected chi connectivity index (χ3v) is 2.29. The molecule has 5 heteroatoms. The van der Waals surface area contributed by atoms with E-state index in [0.717, 1.165) is 0 Å². The summed E-state index contributed by atoms with van der Waals surface area (Å²) in [6.45, 7) is 6.02. The summed E-state index contributed by atoms with van der Waals surface area (Å²) in [7, 11) is 0. The second-order valence-electron chi connectivity index (χ2n) is 4.47. The molecule has 0 saturated heterocycles. The monoisotopic (exact) mass is 255 g/mol. The number of benzene rings is 1. The Morgan fingerprint density at radius 3 is 2.61 bits per heavy atom. The summed E-state index contributed by atoms with van der Waals surface area (Å²) in [4.78, 5) is 10.6. The van der Waals surface area contributed by atoms with Crippen molar-refractivity contribution in [1.29, 1.82) is 0 Å². The molecule has 0 fully saturated rings. The van der Waals surface area contributed by atoms with Gasteiger partial charge >= 0.3 is 6.09 Å². The largest absolute Gasteiger partial charge is 0.490 e. The van der Waals surface area contributed by atoms with Gasteiger partial charge in [-0.1, -0.05) is 19.9 Å². The normalized spacial score (nSPS) is 12.3. The molecule has 0 aromatic heterocycles. The number of nitrogens with two attached hydrogens (primary N) is 1. The minimum Gasteiger partial charge on any atom is -0.490 e. The molecule has 0 saturated carbocycles. The maximum atomic E-state index is 13.5. The van der Waals surface area contributed by atoms with Crippen LogP contribution >= 0.6 is 0 Å². The van der Waals surface area contributed by atoms with Crippen LogP contribution in [0, 0.1) is 11.7 Å². The minimum absolute atomic E-state index is 0.154. The lowest BCUT2D eigenvalue weighted by Crippen LogP contribution is -2.15. The fourth-order valence-electron chi connectivity index (χ4n) is 1.38. The first kappa shape index (κ1) is 14.3. The van der Waals surface area contributed by atoms with E-state index in [1.807, 2.05) is 13.8 Å². The molecule has 2 N–H and O–H groups in total. The second-order valence-corrected chi connectivity index (χ2v) is 4.47. The number of halogens is 1. The zero-order valence-corrected chi connectivity index (χ0v) is 10.8. The van der Waals surface area contributed by atoms with Crippen LogP contribution in [-0.2, 0) is 4.74 Å². The lowest BCUT2D eigenvalue weighted by Gasteiger charge is -2.14. The maximum Gasteiger partial charge on any atom is 0.405 e. The summed E-state index contributed by atoms with van der Waals surface area (Å²) in [5.74, 6) is 0.0131. The van der Waals surface area contributed by atoms with E-state index in [1.165, 1.54) is 18.2 Å². The summed E-state index contributed by atoms with van der Waals surface area (Å²) in [6, 6.07) is 4.34. The molecule has 0 radical (unpaired) electrons. The Labute approximate surface area is 106 Å². The van der Waals surface area contributed by atoms with Crippen LogP contribution in [0.25, 0.3) is 0 Å². The lowest BCUT2D eigenvalue weighted by molar-refractivity contribution is 0.116. The predicted octanol–water partition coefficient (Wildman–Crippen LogP) is 3.02. The van der Waals surface area contributed by atoms with Crippen LogP contribution in [0.5, 0.6) is 5.75 Å². The Bertz CT molecular complexity index is 421.